The van der Waals surface area contributed by atoms with Crippen LogP contribution in [0.4, 0.5) is 0 Å². The standard InChI is InChI=1S/C13H23N3O3S/c1-10(19-3)7-15-20(17,18)13-6-12(8-14-2)16(9-13)11-4-5-11/h6,9-11,14-15H,4-5,7-8H2,1-3H3. The van der Waals surface area contributed by atoms with Gasteiger partial charge in [0.15, 0.2) is 0 Å². The highest BCUT2D eigenvalue weighted by molar-refractivity contribution is 7.89. The van der Waals surface area contributed by atoms with Gasteiger partial charge in [-0.3, -0.25) is 0 Å². The minimum atomic E-state index is -3.47. The first-order valence-corrected chi connectivity index (χ1v) is 8.34. The lowest BCUT2D eigenvalue weighted by Crippen LogP contribution is -2.31. The predicted molar refractivity (Wildman–Crippen MR) is 77.1 cm³/mol. The molecule has 1 aliphatic rings. The lowest BCUT2D eigenvalue weighted by atomic mass is 10.4. The first kappa shape index (κ1) is 15.5. The van der Waals surface area contributed by atoms with Crippen molar-refractivity contribution in [3.05, 3.63) is 18.0 Å². The van der Waals surface area contributed by atoms with Crippen LogP contribution in [-0.4, -0.2) is 39.8 Å². The van der Waals surface area contributed by atoms with Gasteiger partial charge in [0.2, 0.25) is 10.0 Å². The molecule has 1 saturated carbocycles. The summed E-state index contributed by atoms with van der Waals surface area (Å²) >= 11 is 0. The molecule has 114 valence electrons. The number of rotatable bonds is 8. The molecule has 6 nitrogen and oxygen atoms in total. The molecule has 0 saturated heterocycles. The molecule has 0 aliphatic heterocycles. The molecule has 1 unspecified atom stereocenters. The van der Waals surface area contributed by atoms with Crippen LogP contribution in [0, 0.1) is 0 Å². The van der Waals surface area contributed by atoms with Crippen LogP contribution in [0.2, 0.25) is 0 Å². The monoisotopic (exact) mass is 301 g/mol. The minimum Gasteiger partial charge on any atom is -0.380 e. The van der Waals surface area contributed by atoms with E-state index in [9.17, 15) is 8.42 Å². The SMILES string of the molecule is CNCc1cc(S(=O)(=O)NCC(C)OC)cn1C1CC1. The second-order valence-electron chi connectivity index (χ2n) is 5.23. The summed E-state index contributed by atoms with van der Waals surface area (Å²) in [6, 6.07) is 2.20. The van der Waals surface area contributed by atoms with E-state index in [0.29, 0.717) is 17.5 Å². The molecule has 1 aliphatic carbocycles. The molecule has 0 aromatic carbocycles. The number of hydrogen-bond acceptors (Lipinski definition) is 4. The Labute approximate surface area is 120 Å². The van der Waals surface area contributed by atoms with Crippen LogP contribution in [0.1, 0.15) is 31.5 Å². The summed E-state index contributed by atoms with van der Waals surface area (Å²) in [7, 11) is -0.0487. The van der Waals surface area contributed by atoms with E-state index in [1.807, 2.05) is 14.0 Å². The Morgan fingerprint density at radius 1 is 1.50 bits per heavy atom. The van der Waals surface area contributed by atoms with Gasteiger partial charge in [0.1, 0.15) is 0 Å². The largest absolute Gasteiger partial charge is 0.380 e. The van der Waals surface area contributed by atoms with Gasteiger partial charge < -0.3 is 14.6 Å². The van der Waals surface area contributed by atoms with E-state index in [-0.39, 0.29) is 12.6 Å². The van der Waals surface area contributed by atoms with E-state index in [1.165, 1.54) is 0 Å². The average Bonchev–Trinajstić information content (AvgIpc) is 3.17. The van der Waals surface area contributed by atoms with Crippen molar-refractivity contribution >= 4 is 10.0 Å². The zero-order valence-corrected chi connectivity index (χ0v) is 13.0. The molecule has 2 rings (SSSR count). The van der Waals surface area contributed by atoms with Crippen LogP contribution in [0.15, 0.2) is 17.2 Å². The highest BCUT2D eigenvalue weighted by atomic mass is 32.2. The first-order valence-electron chi connectivity index (χ1n) is 6.85. The van der Waals surface area contributed by atoms with Gasteiger partial charge in [-0.1, -0.05) is 0 Å². The molecular formula is C13H23N3O3S. The Morgan fingerprint density at radius 2 is 2.20 bits per heavy atom. The van der Waals surface area contributed by atoms with Gasteiger partial charge >= 0.3 is 0 Å². The van der Waals surface area contributed by atoms with E-state index >= 15 is 0 Å². The minimum absolute atomic E-state index is 0.146. The molecule has 7 heteroatoms. The van der Waals surface area contributed by atoms with Crippen LogP contribution in [-0.2, 0) is 21.3 Å². The molecule has 2 N–H and O–H groups in total. The molecule has 1 atom stereocenters. The average molecular weight is 301 g/mol. The molecule has 0 spiro atoms. The van der Waals surface area contributed by atoms with Crippen LogP contribution < -0.4 is 10.0 Å². The van der Waals surface area contributed by atoms with Gasteiger partial charge in [0, 0.05) is 38.1 Å². The van der Waals surface area contributed by atoms with Crippen LogP contribution in [0.5, 0.6) is 0 Å². The third kappa shape index (κ3) is 3.60. The van der Waals surface area contributed by atoms with Crippen LogP contribution >= 0.6 is 0 Å². The molecule has 1 fully saturated rings. The van der Waals surface area contributed by atoms with Gasteiger partial charge in [0.25, 0.3) is 0 Å². The van der Waals surface area contributed by atoms with Crippen molar-refractivity contribution in [2.24, 2.45) is 0 Å². The summed E-state index contributed by atoms with van der Waals surface area (Å²) < 4.78 is 34.2. The van der Waals surface area contributed by atoms with Gasteiger partial charge in [0.05, 0.1) is 11.0 Å². The maximum Gasteiger partial charge on any atom is 0.242 e. The lowest BCUT2D eigenvalue weighted by molar-refractivity contribution is 0.122. The third-order valence-corrected chi connectivity index (χ3v) is 4.87. The molecule has 1 aromatic heterocycles. The summed E-state index contributed by atoms with van der Waals surface area (Å²) in [5.74, 6) is 0. The Hall–Kier alpha value is -0.890. The zero-order chi connectivity index (χ0) is 14.8. The summed E-state index contributed by atoms with van der Waals surface area (Å²) in [6.07, 6.45) is 3.84. The number of nitrogens with one attached hydrogen (secondary N) is 2. The lowest BCUT2D eigenvalue weighted by Gasteiger charge is -2.10. The quantitative estimate of drug-likeness (QED) is 0.747. The Kier molecular flexibility index (Phi) is 4.85. The molecule has 1 aromatic rings. The Morgan fingerprint density at radius 3 is 2.75 bits per heavy atom. The fourth-order valence-electron chi connectivity index (χ4n) is 2.05. The first-order chi connectivity index (χ1) is 9.47. The summed E-state index contributed by atoms with van der Waals surface area (Å²) in [4.78, 5) is 0.331. The van der Waals surface area contributed by atoms with Gasteiger partial charge in [-0.05, 0) is 32.9 Å². The summed E-state index contributed by atoms with van der Waals surface area (Å²) in [6.45, 7) is 2.76. The maximum absolute atomic E-state index is 12.3. The van der Waals surface area contributed by atoms with E-state index < -0.39 is 10.0 Å². The second-order valence-corrected chi connectivity index (χ2v) is 7.00. The highest BCUT2D eigenvalue weighted by Gasteiger charge is 2.28. The van der Waals surface area contributed by atoms with Crippen molar-refractivity contribution in [1.29, 1.82) is 0 Å². The summed E-state index contributed by atoms with van der Waals surface area (Å²) in [5.41, 5.74) is 1.01. The molecule has 0 amide bonds. The maximum atomic E-state index is 12.3. The van der Waals surface area contributed by atoms with Crippen molar-refractivity contribution in [2.75, 3.05) is 20.7 Å². The number of aromatic nitrogens is 1. The summed E-state index contributed by atoms with van der Waals surface area (Å²) in [5, 5.41) is 3.08. The van der Waals surface area contributed by atoms with Gasteiger partial charge in [-0.25, -0.2) is 13.1 Å². The fraction of sp³-hybridized carbons (Fsp3) is 0.692. The van der Waals surface area contributed by atoms with E-state index in [1.54, 1.807) is 19.4 Å². The fourth-order valence-corrected chi connectivity index (χ4v) is 3.22. The van der Waals surface area contributed by atoms with Crippen molar-refractivity contribution in [3.63, 3.8) is 0 Å². The van der Waals surface area contributed by atoms with Crippen LogP contribution in [0.25, 0.3) is 0 Å². The van der Waals surface area contributed by atoms with Crippen LogP contribution in [0.3, 0.4) is 0 Å². The normalized spacial score (nSPS) is 17.4. The van der Waals surface area contributed by atoms with E-state index in [0.717, 1.165) is 18.5 Å². The number of methoxy groups -OCH3 is 1. The van der Waals surface area contributed by atoms with Crippen molar-refractivity contribution in [3.8, 4) is 0 Å². The van der Waals surface area contributed by atoms with Gasteiger partial charge in [-0.2, -0.15) is 0 Å². The molecular weight excluding hydrogens is 278 g/mol. The Bertz CT molecular complexity index is 549. The zero-order valence-electron chi connectivity index (χ0n) is 12.2. The number of sulfonamides is 1. The Balaban J connectivity index is 2.16. The number of hydrogen-bond donors (Lipinski definition) is 2. The van der Waals surface area contributed by atoms with Gasteiger partial charge in [-0.15, -0.1) is 0 Å². The second kappa shape index (κ2) is 6.26. The smallest absolute Gasteiger partial charge is 0.242 e. The van der Waals surface area contributed by atoms with E-state index in [2.05, 4.69) is 14.6 Å². The third-order valence-electron chi connectivity index (χ3n) is 3.48. The molecule has 20 heavy (non-hydrogen) atoms. The molecule has 0 bridgehead atoms. The highest BCUT2D eigenvalue weighted by Crippen LogP contribution is 2.37. The van der Waals surface area contributed by atoms with Crippen molar-refractivity contribution in [1.82, 2.24) is 14.6 Å². The number of ether oxygens (including phenoxy) is 1. The van der Waals surface area contributed by atoms with E-state index in [4.69, 9.17) is 4.74 Å². The molecule has 1 heterocycles. The number of nitrogens with zero attached hydrogens (tertiary/aromatic N) is 1. The predicted octanol–water partition coefficient (Wildman–Crippen LogP) is 0.856. The molecule has 0 radical (unpaired) electrons. The topological polar surface area (TPSA) is 72.4 Å². The van der Waals surface area contributed by atoms with Crippen molar-refractivity contribution in [2.45, 2.75) is 43.4 Å². The van der Waals surface area contributed by atoms with Crippen molar-refractivity contribution < 1.29 is 13.2 Å².